The third kappa shape index (κ3) is 3.23. The van der Waals surface area contributed by atoms with Crippen LogP contribution in [0.4, 0.5) is 5.69 Å². The summed E-state index contributed by atoms with van der Waals surface area (Å²) >= 11 is 3.36. The standard InChI is InChI=1S/C18H13BrN2O5/c1-10-15(18(22)23)20-16-13(21(24)25)8-7-12(19)14(16)17(10)26-9-11-5-3-2-4-6-11/h2-8H,9H2,1H3,(H,22,23). The molecule has 0 fully saturated rings. The van der Waals surface area contributed by atoms with Gasteiger partial charge in [-0.2, -0.15) is 0 Å². The smallest absolute Gasteiger partial charge is 0.354 e. The number of ether oxygens (including phenoxy) is 1. The Morgan fingerprint density at radius 1 is 1.27 bits per heavy atom. The van der Waals surface area contributed by atoms with Crippen molar-refractivity contribution in [2.75, 3.05) is 0 Å². The Balaban J connectivity index is 2.24. The van der Waals surface area contributed by atoms with Gasteiger partial charge in [-0.15, -0.1) is 0 Å². The number of carboxylic acids is 1. The summed E-state index contributed by atoms with van der Waals surface area (Å²) < 4.78 is 6.42. The maximum absolute atomic E-state index is 11.6. The van der Waals surface area contributed by atoms with E-state index >= 15 is 0 Å². The van der Waals surface area contributed by atoms with Crippen LogP contribution in [0.1, 0.15) is 21.6 Å². The van der Waals surface area contributed by atoms with Crippen molar-refractivity contribution in [2.24, 2.45) is 0 Å². The largest absolute Gasteiger partial charge is 0.488 e. The zero-order valence-electron chi connectivity index (χ0n) is 13.6. The molecule has 0 saturated carbocycles. The normalized spacial score (nSPS) is 10.7. The number of halogens is 1. The number of hydrogen-bond acceptors (Lipinski definition) is 5. The Morgan fingerprint density at radius 2 is 1.96 bits per heavy atom. The van der Waals surface area contributed by atoms with E-state index in [1.807, 2.05) is 30.3 Å². The SMILES string of the molecule is Cc1c(C(=O)O)nc2c([N+](=O)[O-])ccc(Br)c2c1OCc1ccccc1. The van der Waals surface area contributed by atoms with Crippen LogP contribution in [0.15, 0.2) is 46.9 Å². The number of rotatable bonds is 5. The van der Waals surface area contributed by atoms with Gasteiger partial charge in [-0.05, 0) is 34.5 Å². The predicted molar refractivity (Wildman–Crippen MR) is 98.6 cm³/mol. The summed E-state index contributed by atoms with van der Waals surface area (Å²) in [5, 5.41) is 21.2. The zero-order chi connectivity index (χ0) is 18.8. The van der Waals surface area contributed by atoms with Crippen LogP contribution in [0.5, 0.6) is 5.75 Å². The van der Waals surface area contributed by atoms with Crippen LogP contribution in [-0.2, 0) is 6.61 Å². The number of fused-ring (bicyclic) bond motifs is 1. The van der Waals surface area contributed by atoms with Gasteiger partial charge in [-0.1, -0.05) is 30.3 Å². The van der Waals surface area contributed by atoms with Crippen molar-refractivity contribution in [3.8, 4) is 5.75 Å². The van der Waals surface area contributed by atoms with Gasteiger partial charge in [-0.25, -0.2) is 9.78 Å². The van der Waals surface area contributed by atoms with E-state index in [1.54, 1.807) is 6.92 Å². The Bertz CT molecular complexity index is 1020. The lowest BCUT2D eigenvalue weighted by molar-refractivity contribution is -0.383. The van der Waals surface area contributed by atoms with Gasteiger partial charge in [0.25, 0.3) is 5.69 Å². The molecule has 3 rings (SSSR count). The molecule has 1 N–H and O–H groups in total. The first-order valence-electron chi connectivity index (χ1n) is 7.57. The Hall–Kier alpha value is -3.00. The summed E-state index contributed by atoms with van der Waals surface area (Å²) in [6.07, 6.45) is 0. The highest BCUT2D eigenvalue weighted by molar-refractivity contribution is 9.10. The number of carbonyl (C=O) groups is 1. The van der Waals surface area contributed by atoms with Crippen LogP contribution >= 0.6 is 15.9 Å². The molecule has 0 atom stereocenters. The highest BCUT2D eigenvalue weighted by Gasteiger charge is 2.25. The molecule has 0 bridgehead atoms. The van der Waals surface area contributed by atoms with E-state index in [1.165, 1.54) is 12.1 Å². The van der Waals surface area contributed by atoms with Gasteiger partial charge in [0.05, 0.1) is 10.3 Å². The Morgan fingerprint density at radius 3 is 2.58 bits per heavy atom. The van der Waals surface area contributed by atoms with Gasteiger partial charge in [0.15, 0.2) is 11.2 Å². The minimum atomic E-state index is -1.27. The topological polar surface area (TPSA) is 103 Å². The van der Waals surface area contributed by atoms with Crippen LogP contribution in [0, 0.1) is 17.0 Å². The van der Waals surface area contributed by atoms with E-state index in [4.69, 9.17) is 4.74 Å². The van der Waals surface area contributed by atoms with Crippen molar-refractivity contribution in [1.82, 2.24) is 4.98 Å². The lowest BCUT2D eigenvalue weighted by Gasteiger charge is -2.15. The maximum atomic E-state index is 11.6. The Kier molecular flexibility index (Phi) is 4.85. The molecule has 0 radical (unpaired) electrons. The number of nitro benzene ring substituents is 1. The number of pyridine rings is 1. The molecular formula is C18H13BrN2O5. The van der Waals surface area contributed by atoms with Crippen molar-refractivity contribution < 1.29 is 19.6 Å². The lowest BCUT2D eigenvalue weighted by Crippen LogP contribution is -2.08. The molecule has 8 heteroatoms. The number of carboxylic acid groups (broad SMARTS) is 1. The van der Waals surface area contributed by atoms with E-state index in [9.17, 15) is 20.0 Å². The molecule has 0 spiro atoms. The van der Waals surface area contributed by atoms with E-state index in [0.29, 0.717) is 15.4 Å². The lowest BCUT2D eigenvalue weighted by atomic mass is 10.1. The minimum Gasteiger partial charge on any atom is -0.488 e. The van der Waals surface area contributed by atoms with Gasteiger partial charge in [-0.3, -0.25) is 10.1 Å². The summed E-state index contributed by atoms with van der Waals surface area (Å²) in [6, 6.07) is 12.1. The third-order valence-corrected chi connectivity index (χ3v) is 4.54. The fourth-order valence-corrected chi connectivity index (χ4v) is 3.14. The van der Waals surface area contributed by atoms with Gasteiger partial charge < -0.3 is 9.84 Å². The monoisotopic (exact) mass is 416 g/mol. The highest BCUT2D eigenvalue weighted by Crippen LogP contribution is 2.39. The summed E-state index contributed by atoms with van der Waals surface area (Å²) in [6.45, 7) is 1.76. The molecule has 2 aromatic carbocycles. The van der Waals surface area contributed by atoms with Crippen molar-refractivity contribution >= 4 is 38.5 Å². The first-order chi connectivity index (χ1) is 12.4. The number of nitro groups is 1. The van der Waals surface area contributed by atoms with Crippen LogP contribution in [0.25, 0.3) is 10.9 Å². The number of hydrogen-bond donors (Lipinski definition) is 1. The summed E-state index contributed by atoms with van der Waals surface area (Å²) in [7, 11) is 0. The van der Waals surface area contributed by atoms with E-state index in [-0.39, 0.29) is 29.3 Å². The number of non-ortho nitro benzene ring substituents is 1. The summed E-state index contributed by atoms with van der Waals surface area (Å²) in [4.78, 5) is 26.3. The van der Waals surface area contributed by atoms with Crippen LogP contribution in [0.3, 0.4) is 0 Å². The molecule has 0 saturated heterocycles. The molecule has 0 aliphatic carbocycles. The number of aromatic carboxylic acids is 1. The highest BCUT2D eigenvalue weighted by atomic mass is 79.9. The molecule has 0 aliphatic rings. The number of benzene rings is 2. The van der Waals surface area contributed by atoms with Crippen molar-refractivity contribution in [1.29, 1.82) is 0 Å². The molecule has 7 nitrogen and oxygen atoms in total. The van der Waals surface area contributed by atoms with Gasteiger partial charge in [0, 0.05) is 16.1 Å². The third-order valence-electron chi connectivity index (χ3n) is 3.88. The first-order valence-corrected chi connectivity index (χ1v) is 8.36. The second-order valence-electron chi connectivity index (χ2n) is 5.54. The molecule has 0 unspecified atom stereocenters. The molecular weight excluding hydrogens is 404 g/mol. The average molecular weight is 417 g/mol. The van der Waals surface area contributed by atoms with E-state index in [2.05, 4.69) is 20.9 Å². The second-order valence-corrected chi connectivity index (χ2v) is 6.40. The number of nitrogens with zero attached hydrogens (tertiary/aromatic N) is 2. The van der Waals surface area contributed by atoms with Gasteiger partial charge in [0.1, 0.15) is 12.4 Å². The van der Waals surface area contributed by atoms with Crippen LogP contribution in [-0.4, -0.2) is 21.0 Å². The van der Waals surface area contributed by atoms with Crippen molar-refractivity contribution in [3.63, 3.8) is 0 Å². The quantitative estimate of drug-likeness (QED) is 0.485. The fraction of sp³-hybridized carbons (Fsp3) is 0.111. The summed E-state index contributed by atoms with van der Waals surface area (Å²) in [5.74, 6) is -1.02. The van der Waals surface area contributed by atoms with Gasteiger partial charge >= 0.3 is 5.97 Å². The van der Waals surface area contributed by atoms with Crippen LogP contribution < -0.4 is 4.74 Å². The predicted octanol–water partition coefficient (Wildman–Crippen LogP) is 4.49. The molecule has 0 amide bonds. The van der Waals surface area contributed by atoms with E-state index in [0.717, 1.165) is 5.56 Å². The molecule has 1 heterocycles. The minimum absolute atomic E-state index is 0.0320. The fourth-order valence-electron chi connectivity index (χ4n) is 2.64. The van der Waals surface area contributed by atoms with Crippen molar-refractivity contribution in [2.45, 2.75) is 13.5 Å². The maximum Gasteiger partial charge on any atom is 0.354 e. The summed E-state index contributed by atoms with van der Waals surface area (Å²) in [5.41, 5.74) is 0.602. The molecule has 1 aromatic heterocycles. The molecule has 3 aromatic rings. The number of aromatic nitrogens is 1. The zero-order valence-corrected chi connectivity index (χ0v) is 15.2. The first kappa shape index (κ1) is 17.8. The average Bonchev–Trinajstić information content (AvgIpc) is 2.61. The van der Waals surface area contributed by atoms with Crippen LogP contribution in [0.2, 0.25) is 0 Å². The molecule has 26 heavy (non-hydrogen) atoms. The molecule has 0 aliphatic heterocycles. The second kappa shape index (κ2) is 7.09. The Labute approximate surface area is 156 Å². The van der Waals surface area contributed by atoms with E-state index < -0.39 is 10.9 Å². The van der Waals surface area contributed by atoms with Crippen molar-refractivity contribution in [3.05, 3.63) is 73.9 Å². The molecule has 132 valence electrons. The van der Waals surface area contributed by atoms with Gasteiger partial charge in [0.2, 0.25) is 0 Å².